The van der Waals surface area contributed by atoms with Crippen LogP contribution in [0.3, 0.4) is 0 Å². The molecule has 28 heavy (non-hydrogen) atoms. The second-order valence-corrected chi connectivity index (χ2v) is 7.52. The Morgan fingerprint density at radius 2 is 1.82 bits per heavy atom. The molecular formula is C20H17N3O3S2. The third-order valence-electron chi connectivity index (χ3n) is 3.98. The van der Waals surface area contributed by atoms with Gasteiger partial charge in [0.2, 0.25) is 5.89 Å². The second kappa shape index (κ2) is 8.45. The van der Waals surface area contributed by atoms with Crippen LogP contribution in [0, 0.1) is 0 Å². The highest BCUT2D eigenvalue weighted by Crippen LogP contribution is 2.33. The molecule has 2 heterocycles. The van der Waals surface area contributed by atoms with Crippen LogP contribution in [0.4, 0.5) is 0 Å². The fourth-order valence-electron chi connectivity index (χ4n) is 2.57. The van der Waals surface area contributed by atoms with E-state index in [-0.39, 0.29) is 0 Å². The third kappa shape index (κ3) is 4.02. The topological polar surface area (TPSA) is 70.3 Å². The van der Waals surface area contributed by atoms with Crippen molar-refractivity contribution >= 4 is 23.1 Å². The molecule has 6 nitrogen and oxygen atoms in total. The Balaban J connectivity index is 1.43. The van der Waals surface area contributed by atoms with Gasteiger partial charge in [0, 0.05) is 16.7 Å². The van der Waals surface area contributed by atoms with E-state index in [1.165, 1.54) is 11.8 Å². The summed E-state index contributed by atoms with van der Waals surface area (Å²) in [7, 11) is 3.30. The molecule has 0 aliphatic rings. The van der Waals surface area contributed by atoms with Gasteiger partial charge in [-0.05, 0) is 36.4 Å². The molecule has 0 amide bonds. The zero-order valence-corrected chi connectivity index (χ0v) is 16.9. The minimum absolute atomic E-state index is 0.484. The van der Waals surface area contributed by atoms with E-state index in [1.807, 2.05) is 53.9 Å². The molecule has 0 aliphatic carbocycles. The number of aromatic nitrogens is 3. The zero-order valence-electron chi connectivity index (χ0n) is 15.3. The van der Waals surface area contributed by atoms with Crippen molar-refractivity contribution in [2.24, 2.45) is 0 Å². The molecule has 0 bridgehead atoms. The molecule has 4 rings (SSSR count). The third-order valence-corrected chi connectivity index (χ3v) is 5.75. The van der Waals surface area contributed by atoms with E-state index in [2.05, 4.69) is 10.2 Å². The highest BCUT2D eigenvalue weighted by Gasteiger charge is 2.13. The summed E-state index contributed by atoms with van der Waals surface area (Å²) in [6.07, 6.45) is 0. The Bertz CT molecular complexity index is 1060. The lowest BCUT2D eigenvalue weighted by atomic mass is 10.2. The molecule has 4 aromatic rings. The summed E-state index contributed by atoms with van der Waals surface area (Å²) in [5.74, 6) is 2.73. The molecule has 8 heteroatoms. The molecule has 0 spiro atoms. The van der Waals surface area contributed by atoms with Gasteiger partial charge >= 0.3 is 0 Å². The van der Waals surface area contributed by atoms with E-state index in [0.29, 0.717) is 16.9 Å². The number of hydrogen-bond donors (Lipinski definition) is 0. The normalized spacial score (nSPS) is 10.8. The number of thiazole rings is 1. The van der Waals surface area contributed by atoms with E-state index < -0.39 is 0 Å². The molecule has 0 unspecified atom stereocenters. The van der Waals surface area contributed by atoms with Crippen LogP contribution in [0.2, 0.25) is 0 Å². The molecular weight excluding hydrogens is 394 g/mol. The summed E-state index contributed by atoms with van der Waals surface area (Å²) < 4.78 is 16.3. The van der Waals surface area contributed by atoms with Crippen molar-refractivity contribution in [2.45, 2.75) is 11.0 Å². The van der Waals surface area contributed by atoms with Crippen LogP contribution in [-0.2, 0) is 5.75 Å². The molecule has 0 aliphatic heterocycles. The molecule has 0 saturated carbocycles. The summed E-state index contributed by atoms with van der Waals surface area (Å²) >= 11 is 3.05. The van der Waals surface area contributed by atoms with Crippen LogP contribution in [0.5, 0.6) is 11.5 Å². The Hall–Kier alpha value is -2.84. The van der Waals surface area contributed by atoms with Crippen molar-refractivity contribution in [3.05, 3.63) is 59.6 Å². The maximum Gasteiger partial charge on any atom is 0.277 e. The average molecular weight is 412 g/mol. The first kappa shape index (κ1) is 18.5. The maximum atomic E-state index is 5.75. The number of ether oxygens (including phenoxy) is 2. The van der Waals surface area contributed by atoms with Gasteiger partial charge in [-0.25, -0.2) is 4.98 Å². The van der Waals surface area contributed by atoms with Gasteiger partial charge in [0.15, 0.2) is 0 Å². The van der Waals surface area contributed by atoms with Gasteiger partial charge < -0.3 is 13.9 Å². The number of thioether (sulfide) groups is 1. The average Bonchev–Trinajstić information content (AvgIpc) is 3.42. The van der Waals surface area contributed by atoms with Gasteiger partial charge in [0.25, 0.3) is 5.22 Å². The quantitative estimate of drug-likeness (QED) is 0.389. The first-order valence-corrected chi connectivity index (χ1v) is 10.3. The second-order valence-electron chi connectivity index (χ2n) is 5.73. The van der Waals surface area contributed by atoms with Crippen molar-refractivity contribution in [3.8, 4) is 33.5 Å². The lowest BCUT2D eigenvalue weighted by molar-refractivity contribution is 0.414. The Morgan fingerprint density at radius 1 is 1.00 bits per heavy atom. The smallest absolute Gasteiger partial charge is 0.277 e. The number of nitrogens with zero attached hydrogens (tertiary/aromatic N) is 3. The van der Waals surface area contributed by atoms with Crippen molar-refractivity contribution in [1.29, 1.82) is 0 Å². The van der Waals surface area contributed by atoms with Crippen LogP contribution in [-0.4, -0.2) is 29.4 Å². The Morgan fingerprint density at radius 3 is 2.61 bits per heavy atom. The lowest BCUT2D eigenvalue weighted by Gasteiger charge is -2.04. The van der Waals surface area contributed by atoms with Gasteiger partial charge in [0.1, 0.15) is 16.5 Å². The zero-order chi connectivity index (χ0) is 19.3. The van der Waals surface area contributed by atoms with E-state index >= 15 is 0 Å². The van der Waals surface area contributed by atoms with Gasteiger partial charge in [0.05, 0.1) is 25.5 Å². The molecule has 0 saturated heterocycles. The van der Waals surface area contributed by atoms with Crippen molar-refractivity contribution in [2.75, 3.05) is 14.2 Å². The van der Waals surface area contributed by atoms with E-state index in [0.717, 1.165) is 33.3 Å². The summed E-state index contributed by atoms with van der Waals surface area (Å²) in [5.41, 5.74) is 2.80. The summed E-state index contributed by atoms with van der Waals surface area (Å²) in [6, 6.07) is 15.4. The van der Waals surface area contributed by atoms with E-state index in [9.17, 15) is 0 Å². The Labute approximate surface area is 170 Å². The van der Waals surface area contributed by atoms with Crippen molar-refractivity contribution in [1.82, 2.24) is 15.2 Å². The van der Waals surface area contributed by atoms with Crippen LogP contribution in [0.1, 0.15) is 5.69 Å². The Kier molecular flexibility index (Phi) is 5.59. The molecule has 2 aromatic heterocycles. The predicted molar refractivity (Wildman–Crippen MR) is 110 cm³/mol. The fraction of sp³-hybridized carbons (Fsp3) is 0.150. The monoisotopic (exact) mass is 411 g/mol. The van der Waals surface area contributed by atoms with Crippen LogP contribution >= 0.6 is 23.1 Å². The van der Waals surface area contributed by atoms with E-state index in [4.69, 9.17) is 18.9 Å². The fourth-order valence-corrected chi connectivity index (χ4v) is 4.18. The predicted octanol–water partition coefficient (Wildman–Crippen LogP) is 5.17. The minimum atomic E-state index is 0.484. The number of benzene rings is 2. The van der Waals surface area contributed by atoms with Gasteiger partial charge in [-0.3, -0.25) is 0 Å². The maximum absolute atomic E-state index is 5.75. The van der Waals surface area contributed by atoms with Crippen LogP contribution < -0.4 is 9.47 Å². The summed E-state index contributed by atoms with van der Waals surface area (Å²) in [5, 5.41) is 11.7. The molecule has 0 atom stereocenters. The summed E-state index contributed by atoms with van der Waals surface area (Å²) in [6.45, 7) is 0. The number of rotatable bonds is 7. The van der Waals surface area contributed by atoms with Gasteiger partial charge in [-0.2, -0.15) is 0 Å². The first-order valence-electron chi connectivity index (χ1n) is 8.45. The molecule has 2 aromatic carbocycles. The molecule has 0 N–H and O–H groups in total. The number of methoxy groups -OCH3 is 2. The first-order chi connectivity index (χ1) is 13.8. The SMILES string of the molecule is COc1ccc(-c2nnc(SCc3csc(-c4ccccc4OC)n3)o2)cc1. The van der Waals surface area contributed by atoms with Crippen molar-refractivity contribution < 1.29 is 13.9 Å². The number of para-hydroxylation sites is 1. The molecule has 0 radical (unpaired) electrons. The number of hydrogen-bond acceptors (Lipinski definition) is 8. The van der Waals surface area contributed by atoms with Crippen LogP contribution in [0.25, 0.3) is 22.0 Å². The highest BCUT2D eigenvalue weighted by molar-refractivity contribution is 7.98. The van der Waals surface area contributed by atoms with E-state index in [1.54, 1.807) is 25.6 Å². The van der Waals surface area contributed by atoms with Gasteiger partial charge in [-0.1, -0.05) is 23.9 Å². The molecule has 0 fully saturated rings. The summed E-state index contributed by atoms with van der Waals surface area (Å²) in [4.78, 5) is 4.70. The lowest BCUT2D eigenvalue weighted by Crippen LogP contribution is -1.87. The van der Waals surface area contributed by atoms with Gasteiger partial charge in [-0.15, -0.1) is 21.5 Å². The minimum Gasteiger partial charge on any atom is -0.497 e. The van der Waals surface area contributed by atoms with Crippen LogP contribution in [0.15, 0.2) is 63.6 Å². The highest BCUT2D eigenvalue weighted by atomic mass is 32.2. The van der Waals surface area contributed by atoms with Crippen molar-refractivity contribution in [3.63, 3.8) is 0 Å². The largest absolute Gasteiger partial charge is 0.497 e. The molecule has 142 valence electrons. The standard InChI is InChI=1S/C20H17N3O3S2/c1-24-15-9-7-13(8-10-15)18-22-23-20(26-18)28-12-14-11-27-19(21-14)16-5-3-4-6-17(16)25-2/h3-11H,12H2,1-2H3.